The third kappa shape index (κ3) is 3.06. The topological polar surface area (TPSA) is 104 Å². The minimum atomic E-state index is -0.747. The molecular weight excluding hydrogens is 374 g/mol. The largest absolute Gasteiger partial charge is 0.481 e. The summed E-state index contributed by atoms with van der Waals surface area (Å²) < 4.78 is 0. The van der Waals surface area contributed by atoms with Crippen LogP contribution in [0.25, 0.3) is 0 Å². The molecule has 2 saturated heterocycles. The second-order valence-electron chi connectivity index (χ2n) is 7.55. The van der Waals surface area contributed by atoms with Gasteiger partial charge >= 0.3 is 5.97 Å². The Morgan fingerprint density at radius 2 is 2.11 bits per heavy atom. The van der Waals surface area contributed by atoms with Crippen LogP contribution in [0.5, 0.6) is 0 Å². The molecule has 3 atom stereocenters. The van der Waals surface area contributed by atoms with Crippen molar-refractivity contribution in [1.29, 1.82) is 0 Å². The molecule has 2 aliphatic heterocycles. The first kappa shape index (κ1) is 19.6. The van der Waals surface area contributed by atoms with E-state index in [9.17, 15) is 24.8 Å². The number of aliphatic carboxylic acids is 1. The Labute approximate surface area is 162 Å². The fourth-order valence-corrected chi connectivity index (χ4v) is 4.95. The highest BCUT2D eigenvalue weighted by molar-refractivity contribution is 5.99. The number of rotatable bonds is 4. The minimum Gasteiger partial charge on any atom is -0.481 e. The molecule has 146 valence electrons. The second kappa shape index (κ2) is 7.09. The molecule has 0 radical (unpaired) electrons. The predicted molar refractivity (Wildman–Crippen MR) is 100 cm³/mol. The fraction of sp³-hybridized carbons (Fsp3) is 0.556. The fourth-order valence-electron chi connectivity index (χ4n) is 4.95. The zero-order chi connectivity index (χ0) is 18.5. The SMILES string of the molecule is Cl.O=C1C(N2C[C@@H]3CCC[C@@]3(C(=O)O)C2)CCN1c1cccc([N+](=O)[O-])c1. The molecule has 0 aromatic heterocycles. The summed E-state index contributed by atoms with van der Waals surface area (Å²) >= 11 is 0. The Hall–Kier alpha value is -2.19. The molecule has 2 heterocycles. The first-order chi connectivity index (χ1) is 12.4. The van der Waals surface area contributed by atoms with Crippen LogP contribution in [0.3, 0.4) is 0 Å². The van der Waals surface area contributed by atoms with Gasteiger partial charge in [0.25, 0.3) is 5.69 Å². The molecule has 8 nitrogen and oxygen atoms in total. The number of carbonyl (C=O) groups excluding carboxylic acids is 1. The molecule has 1 aromatic rings. The zero-order valence-electron chi connectivity index (χ0n) is 14.7. The first-order valence-electron chi connectivity index (χ1n) is 8.96. The van der Waals surface area contributed by atoms with Gasteiger partial charge in [-0.25, -0.2) is 0 Å². The molecule has 27 heavy (non-hydrogen) atoms. The van der Waals surface area contributed by atoms with Gasteiger partial charge in [-0.1, -0.05) is 12.5 Å². The van der Waals surface area contributed by atoms with Crippen molar-refractivity contribution in [2.75, 3.05) is 24.5 Å². The molecule has 0 bridgehead atoms. The molecule has 9 heteroatoms. The second-order valence-corrected chi connectivity index (χ2v) is 7.55. The monoisotopic (exact) mass is 395 g/mol. The van der Waals surface area contributed by atoms with Gasteiger partial charge in [0.1, 0.15) is 0 Å². The number of hydrogen-bond donors (Lipinski definition) is 1. The smallest absolute Gasteiger partial charge is 0.311 e. The van der Waals surface area contributed by atoms with Crippen LogP contribution in [0.4, 0.5) is 11.4 Å². The maximum atomic E-state index is 12.9. The summed E-state index contributed by atoms with van der Waals surface area (Å²) in [6, 6.07) is 5.76. The van der Waals surface area contributed by atoms with E-state index in [-0.39, 0.29) is 36.0 Å². The summed E-state index contributed by atoms with van der Waals surface area (Å²) in [5.41, 5.74) is -0.225. The van der Waals surface area contributed by atoms with E-state index in [1.807, 2.05) is 4.90 Å². The molecule has 3 fully saturated rings. The van der Waals surface area contributed by atoms with Gasteiger partial charge in [-0.15, -0.1) is 12.4 Å². The molecule has 4 rings (SSSR count). The number of fused-ring (bicyclic) bond motifs is 1. The zero-order valence-corrected chi connectivity index (χ0v) is 15.6. The summed E-state index contributed by atoms with van der Waals surface area (Å²) in [7, 11) is 0. The van der Waals surface area contributed by atoms with Crippen LogP contribution in [0.2, 0.25) is 0 Å². The van der Waals surface area contributed by atoms with E-state index in [1.54, 1.807) is 17.0 Å². The molecule has 0 spiro atoms. The maximum Gasteiger partial charge on any atom is 0.311 e. The van der Waals surface area contributed by atoms with E-state index in [2.05, 4.69) is 0 Å². The Bertz CT molecular complexity index is 788. The average Bonchev–Trinajstić information content (AvgIpc) is 3.26. The van der Waals surface area contributed by atoms with Gasteiger partial charge < -0.3 is 10.0 Å². The molecule has 1 saturated carbocycles. The van der Waals surface area contributed by atoms with E-state index in [0.29, 0.717) is 38.2 Å². The minimum absolute atomic E-state index is 0. The van der Waals surface area contributed by atoms with Crippen molar-refractivity contribution in [3.63, 3.8) is 0 Å². The van der Waals surface area contributed by atoms with E-state index < -0.39 is 16.3 Å². The Morgan fingerprint density at radius 1 is 1.33 bits per heavy atom. The number of carboxylic acids is 1. The van der Waals surface area contributed by atoms with Gasteiger partial charge in [-0.2, -0.15) is 0 Å². The van der Waals surface area contributed by atoms with E-state index in [0.717, 1.165) is 12.8 Å². The summed E-state index contributed by atoms with van der Waals surface area (Å²) in [6.07, 6.45) is 3.13. The summed E-state index contributed by atoms with van der Waals surface area (Å²) in [5.74, 6) is -0.728. The molecule has 1 N–H and O–H groups in total. The van der Waals surface area contributed by atoms with Crippen molar-refractivity contribution in [1.82, 2.24) is 4.90 Å². The van der Waals surface area contributed by atoms with Crippen LogP contribution < -0.4 is 4.90 Å². The van der Waals surface area contributed by atoms with Crippen LogP contribution in [-0.4, -0.2) is 52.5 Å². The number of halogens is 1. The van der Waals surface area contributed by atoms with E-state index in [4.69, 9.17) is 0 Å². The van der Waals surface area contributed by atoms with Crippen LogP contribution in [0, 0.1) is 21.4 Å². The number of nitrogens with zero attached hydrogens (tertiary/aromatic N) is 3. The van der Waals surface area contributed by atoms with E-state index >= 15 is 0 Å². The van der Waals surface area contributed by atoms with Gasteiger partial charge in [0.15, 0.2) is 0 Å². The normalized spacial score (nSPS) is 30.2. The van der Waals surface area contributed by atoms with Gasteiger partial charge in [0, 0.05) is 31.8 Å². The number of nitro groups is 1. The van der Waals surface area contributed by atoms with Gasteiger partial charge in [-0.05, 0) is 31.2 Å². The maximum absolute atomic E-state index is 12.9. The van der Waals surface area contributed by atoms with Gasteiger partial charge in [-0.3, -0.25) is 24.6 Å². The van der Waals surface area contributed by atoms with Crippen molar-refractivity contribution >= 4 is 35.7 Å². The number of anilines is 1. The molecular formula is C18H22ClN3O5. The van der Waals surface area contributed by atoms with Gasteiger partial charge in [0.2, 0.25) is 5.91 Å². The number of likely N-dealkylation sites (tertiary alicyclic amines) is 1. The highest BCUT2D eigenvalue weighted by atomic mass is 35.5. The highest BCUT2D eigenvalue weighted by Gasteiger charge is 2.57. The standard InChI is InChI=1S/C18H21N3O5.ClH/c22-16-15(19-10-12-3-2-7-18(12,11-19)17(23)24)6-8-20(16)13-4-1-5-14(9-13)21(25)26;/h1,4-5,9,12,15H,2-3,6-8,10-11H2,(H,23,24);1H/t12-,15?,18+;/m0./s1. The van der Waals surface area contributed by atoms with Crippen LogP contribution in [-0.2, 0) is 9.59 Å². The van der Waals surface area contributed by atoms with Crippen LogP contribution >= 0.6 is 12.4 Å². The highest BCUT2D eigenvalue weighted by Crippen LogP contribution is 2.50. The molecule has 3 aliphatic rings. The van der Waals surface area contributed by atoms with Crippen LogP contribution in [0.1, 0.15) is 25.7 Å². The Kier molecular flexibility index (Phi) is 5.14. The lowest BCUT2D eigenvalue weighted by Gasteiger charge is -2.26. The predicted octanol–water partition coefficient (Wildman–Crippen LogP) is 2.31. The lowest BCUT2D eigenvalue weighted by molar-refractivity contribution is -0.384. The molecule has 1 amide bonds. The first-order valence-corrected chi connectivity index (χ1v) is 8.96. The lowest BCUT2D eigenvalue weighted by atomic mass is 9.81. The van der Waals surface area contributed by atoms with Crippen molar-refractivity contribution in [3.8, 4) is 0 Å². The number of hydrogen-bond acceptors (Lipinski definition) is 5. The third-order valence-corrected chi connectivity index (χ3v) is 6.29. The van der Waals surface area contributed by atoms with Crippen LogP contribution in [0.15, 0.2) is 24.3 Å². The Morgan fingerprint density at radius 3 is 2.78 bits per heavy atom. The number of amides is 1. The van der Waals surface area contributed by atoms with Crippen molar-refractivity contribution in [2.24, 2.45) is 11.3 Å². The lowest BCUT2D eigenvalue weighted by Crippen LogP contribution is -2.43. The number of nitro benzene ring substituents is 1. The van der Waals surface area contributed by atoms with Crippen molar-refractivity contribution < 1.29 is 19.6 Å². The molecule has 1 aliphatic carbocycles. The summed E-state index contributed by atoms with van der Waals surface area (Å²) in [4.78, 5) is 38.9. The molecule has 1 aromatic carbocycles. The number of carbonyl (C=O) groups is 2. The number of carboxylic acid groups (broad SMARTS) is 1. The molecule has 1 unspecified atom stereocenters. The number of benzene rings is 1. The van der Waals surface area contributed by atoms with Gasteiger partial charge in [0.05, 0.1) is 22.1 Å². The summed E-state index contributed by atoms with van der Waals surface area (Å²) in [6.45, 7) is 1.56. The average molecular weight is 396 g/mol. The third-order valence-electron chi connectivity index (χ3n) is 6.29. The van der Waals surface area contributed by atoms with E-state index in [1.165, 1.54) is 12.1 Å². The Balaban J connectivity index is 0.00000210. The number of non-ortho nitro benzene ring substituents is 1. The summed E-state index contributed by atoms with van der Waals surface area (Å²) in [5, 5.41) is 20.7. The quantitative estimate of drug-likeness (QED) is 0.619. The van der Waals surface area contributed by atoms with Crippen molar-refractivity contribution in [2.45, 2.75) is 31.7 Å². The van der Waals surface area contributed by atoms with Crippen molar-refractivity contribution in [3.05, 3.63) is 34.4 Å².